The highest BCUT2D eigenvalue weighted by atomic mass is 16.4. The number of nitrogens with zero attached hydrogens (tertiary/aromatic N) is 2. The lowest BCUT2D eigenvalue weighted by atomic mass is 10.1. The molecule has 0 fully saturated rings. The first kappa shape index (κ1) is 16.7. The van der Waals surface area contributed by atoms with Crippen LogP contribution < -0.4 is 0 Å². The third kappa shape index (κ3) is 3.24. The van der Waals surface area contributed by atoms with Crippen LogP contribution in [-0.2, 0) is 13.0 Å². The van der Waals surface area contributed by atoms with Gasteiger partial charge in [-0.25, -0.2) is 9.78 Å². The Hall–Kier alpha value is -3.15. The number of furan rings is 1. The highest BCUT2D eigenvalue weighted by Crippen LogP contribution is 2.27. The number of rotatable bonds is 5. The normalized spacial score (nSPS) is 10.8. The van der Waals surface area contributed by atoms with Gasteiger partial charge < -0.3 is 14.4 Å². The summed E-state index contributed by atoms with van der Waals surface area (Å²) < 4.78 is 5.85. The van der Waals surface area contributed by atoms with E-state index in [0.717, 1.165) is 28.7 Å². The van der Waals surface area contributed by atoms with Gasteiger partial charge in [-0.1, -0.05) is 31.2 Å². The van der Waals surface area contributed by atoms with Gasteiger partial charge in [-0.3, -0.25) is 4.79 Å². The zero-order valence-electron chi connectivity index (χ0n) is 14.0. The fraction of sp³-hybridized carbons (Fsp3) is 0.211. The second-order valence-electron chi connectivity index (χ2n) is 5.73. The first-order valence-corrected chi connectivity index (χ1v) is 7.96. The van der Waals surface area contributed by atoms with Gasteiger partial charge >= 0.3 is 5.97 Å². The van der Waals surface area contributed by atoms with Crippen LogP contribution in [0.4, 0.5) is 0 Å². The number of hydrogen-bond acceptors (Lipinski definition) is 4. The molecule has 1 aromatic carbocycles. The molecule has 2 heterocycles. The summed E-state index contributed by atoms with van der Waals surface area (Å²) >= 11 is 0. The summed E-state index contributed by atoms with van der Waals surface area (Å²) in [5.41, 5.74) is 1.71. The van der Waals surface area contributed by atoms with E-state index in [1.807, 2.05) is 31.2 Å². The monoisotopic (exact) mass is 338 g/mol. The fourth-order valence-electron chi connectivity index (χ4n) is 2.79. The van der Waals surface area contributed by atoms with Crippen molar-refractivity contribution in [2.45, 2.75) is 19.9 Å². The Balaban J connectivity index is 1.89. The van der Waals surface area contributed by atoms with Gasteiger partial charge in [0.15, 0.2) is 0 Å². The number of benzene rings is 1. The van der Waals surface area contributed by atoms with Crippen LogP contribution in [0.1, 0.15) is 39.2 Å². The highest BCUT2D eigenvalue weighted by Gasteiger charge is 2.19. The number of aromatic nitrogens is 1. The number of aryl methyl sites for hydroxylation is 1. The molecule has 128 valence electrons. The number of carbonyl (C=O) groups is 2. The van der Waals surface area contributed by atoms with E-state index in [-0.39, 0.29) is 17.3 Å². The second-order valence-corrected chi connectivity index (χ2v) is 5.73. The van der Waals surface area contributed by atoms with Gasteiger partial charge in [0.05, 0.1) is 0 Å². The molecule has 0 aliphatic heterocycles. The zero-order chi connectivity index (χ0) is 18.0. The standard InChI is InChI=1S/C19H18N2O4/c1-3-16-13(12-7-4-5-10-17(12)25-16)11-21(2)18(22)14-8-6-9-15(20-14)19(23)24/h4-10H,3,11H2,1-2H3,(H,23,24). The lowest BCUT2D eigenvalue weighted by molar-refractivity contribution is 0.0690. The van der Waals surface area contributed by atoms with Gasteiger partial charge in [0.2, 0.25) is 0 Å². The largest absolute Gasteiger partial charge is 0.477 e. The summed E-state index contributed by atoms with van der Waals surface area (Å²) in [6.07, 6.45) is 0.721. The summed E-state index contributed by atoms with van der Waals surface area (Å²) in [5, 5.41) is 10.0. The van der Waals surface area contributed by atoms with Gasteiger partial charge in [-0.2, -0.15) is 0 Å². The SMILES string of the molecule is CCc1oc2ccccc2c1CN(C)C(=O)c1cccc(C(=O)O)n1. The average molecular weight is 338 g/mol. The van der Waals surface area contributed by atoms with Crippen LogP contribution in [-0.4, -0.2) is 33.9 Å². The van der Waals surface area contributed by atoms with E-state index in [1.54, 1.807) is 7.05 Å². The predicted molar refractivity (Wildman–Crippen MR) is 92.6 cm³/mol. The van der Waals surface area contributed by atoms with Gasteiger partial charge in [0, 0.05) is 31.0 Å². The molecule has 0 aliphatic rings. The molecule has 1 N–H and O–H groups in total. The van der Waals surface area contributed by atoms with Crippen LogP contribution in [0.15, 0.2) is 46.9 Å². The number of carboxylic acids is 1. The third-order valence-electron chi connectivity index (χ3n) is 4.03. The van der Waals surface area contributed by atoms with Crippen molar-refractivity contribution in [3.63, 3.8) is 0 Å². The topological polar surface area (TPSA) is 83.6 Å². The van der Waals surface area contributed by atoms with Crippen LogP contribution >= 0.6 is 0 Å². The molecule has 2 aromatic heterocycles. The van der Waals surface area contributed by atoms with E-state index < -0.39 is 5.97 Å². The van der Waals surface area contributed by atoms with E-state index in [4.69, 9.17) is 9.52 Å². The van der Waals surface area contributed by atoms with Crippen LogP contribution in [0.5, 0.6) is 0 Å². The first-order chi connectivity index (χ1) is 12.0. The first-order valence-electron chi connectivity index (χ1n) is 7.96. The molecule has 0 unspecified atom stereocenters. The van der Waals surface area contributed by atoms with Gasteiger partial charge in [-0.15, -0.1) is 0 Å². The Morgan fingerprint density at radius 1 is 1.12 bits per heavy atom. The van der Waals surface area contributed by atoms with Gasteiger partial charge in [0.1, 0.15) is 22.7 Å². The Morgan fingerprint density at radius 2 is 1.84 bits per heavy atom. The number of fused-ring (bicyclic) bond motifs is 1. The number of para-hydroxylation sites is 1. The van der Waals surface area contributed by atoms with E-state index in [1.165, 1.54) is 23.1 Å². The van der Waals surface area contributed by atoms with E-state index >= 15 is 0 Å². The van der Waals surface area contributed by atoms with Crippen molar-refractivity contribution in [1.29, 1.82) is 0 Å². The second kappa shape index (κ2) is 6.76. The molecule has 0 aliphatic carbocycles. The minimum Gasteiger partial charge on any atom is -0.477 e. The van der Waals surface area contributed by atoms with Crippen molar-refractivity contribution in [3.8, 4) is 0 Å². The molecule has 3 rings (SSSR count). The Labute approximate surface area is 144 Å². The van der Waals surface area contributed by atoms with Crippen LogP contribution in [0.2, 0.25) is 0 Å². The van der Waals surface area contributed by atoms with Gasteiger partial charge in [-0.05, 0) is 18.2 Å². The third-order valence-corrected chi connectivity index (χ3v) is 4.03. The molecule has 1 amide bonds. The van der Waals surface area contributed by atoms with Crippen LogP contribution in [0.25, 0.3) is 11.0 Å². The number of carbonyl (C=O) groups excluding carboxylic acids is 1. The fourth-order valence-corrected chi connectivity index (χ4v) is 2.79. The zero-order valence-corrected chi connectivity index (χ0v) is 14.0. The van der Waals surface area contributed by atoms with Crippen molar-refractivity contribution in [2.24, 2.45) is 0 Å². The average Bonchev–Trinajstić information content (AvgIpc) is 2.99. The van der Waals surface area contributed by atoms with E-state index in [2.05, 4.69) is 4.98 Å². The number of amides is 1. The number of aromatic carboxylic acids is 1. The van der Waals surface area contributed by atoms with Gasteiger partial charge in [0.25, 0.3) is 5.91 Å². The summed E-state index contributed by atoms with van der Waals surface area (Å²) in [6, 6.07) is 12.1. The minimum absolute atomic E-state index is 0.105. The summed E-state index contributed by atoms with van der Waals surface area (Å²) in [7, 11) is 1.67. The molecule has 3 aromatic rings. The lowest BCUT2D eigenvalue weighted by Gasteiger charge is -2.17. The quantitative estimate of drug-likeness (QED) is 0.771. The van der Waals surface area contributed by atoms with Crippen molar-refractivity contribution in [3.05, 3.63) is 65.2 Å². The number of hydrogen-bond donors (Lipinski definition) is 1. The van der Waals surface area contributed by atoms with E-state index in [0.29, 0.717) is 6.54 Å². The number of carboxylic acid groups (broad SMARTS) is 1. The minimum atomic E-state index is -1.16. The van der Waals surface area contributed by atoms with Crippen molar-refractivity contribution >= 4 is 22.8 Å². The Morgan fingerprint density at radius 3 is 2.56 bits per heavy atom. The molecule has 0 radical (unpaired) electrons. The maximum atomic E-state index is 12.6. The Kier molecular flexibility index (Phi) is 4.52. The molecule has 0 spiro atoms. The molecule has 0 atom stereocenters. The van der Waals surface area contributed by atoms with Crippen molar-refractivity contribution in [2.75, 3.05) is 7.05 Å². The summed E-state index contributed by atoms with van der Waals surface area (Å²) in [4.78, 5) is 29.1. The molecule has 0 saturated heterocycles. The highest BCUT2D eigenvalue weighted by molar-refractivity contribution is 5.94. The van der Waals surface area contributed by atoms with Crippen LogP contribution in [0.3, 0.4) is 0 Å². The molecule has 25 heavy (non-hydrogen) atoms. The maximum Gasteiger partial charge on any atom is 0.354 e. The summed E-state index contributed by atoms with van der Waals surface area (Å²) in [5.74, 6) is -0.657. The molecule has 6 heteroatoms. The molecule has 6 nitrogen and oxygen atoms in total. The van der Waals surface area contributed by atoms with Crippen LogP contribution in [0, 0.1) is 0 Å². The smallest absolute Gasteiger partial charge is 0.354 e. The molecular formula is C19H18N2O4. The maximum absolute atomic E-state index is 12.6. The predicted octanol–water partition coefficient (Wildman–Crippen LogP) is 3.36. The molecule has 0 saturated carbocycles. The van der Waals surface area contributed by atoms with Crippen molar-refractivity contribution < 1.29 is 19.1 Å². The number of pyridine rings is 1. The molecule has 0 bridgehead atoms. The van der Waals surface area contributed by atoms with Crippen molar-refractivity contribution in [1.82, 2.24) is 9.88 Å². The molecular weight excluding hydrogens is 320 g/mol. The lowest BCUT2D eigenvalue weighted by Crippen LogP contribution is -2.27. The summed E-state index contributed by atoms with van der Waals surface area (Å²) in [6.45, 7) is 2.36. The Bertz CT molecular complexity index is 946. The van der Waals surface area contributed by atoms with E-state index in [9.17, 15) is 9.59 Å².